The van der Waals surface area contributed by atoms with Crippen LogP contribution in [0.5, 0.6) is 5.75 Å². The van der Waals surface area contributed by atoms with Crippen molar-refractivity contribution >= 4 is 5.82 Å². The summed E-state index contributed by atoms with van der Waals surface area (Å²) in [6, 6.07) is 11.4. The van der Waals surface area contributed by atoms with E-state index < -0.39 is 0 Å². The highest BCUT2D eigenvalue weighted by molar-refractivity contribution is 5.39. The zero-order valence-electron chi connectivity index (χ0n) is 11.0. The molecule has 0 fully saturated rings. The topological polar surface area (TPSA) is 57.9 Å². The molecule has 0 aliphatic carbocycles. The number of ether oxygens (including phenoxy) is 1. The second kappa shape index (κ2) is 6.53. The molecule has 1 N–H and O–H groups in total. The number of hydrogen-bond donors (Lipinski definition) is 1. The van der Waals surface area contributed by atoms with Gasteiger partial charge in [-0.3, -0.25) is 0 Å². The molecule has 4 nitrogen and oxygen atoms in total. The number of nitrogens with one attached hydrogen (secondary N) is 1. The molecular formula is C15H14FN3O. The van der Waals surface area contributed by atoms with Crippen LogP contribution >= 0.6 is 0 Å². The second-order valence-corrected chi connectivity index (χ2v) is 4.35. The second-order valence-electron chi connectivity index (χ2n) is 4.35. The predicted molar refractivity (Wildman–Crippen MR) is 73.9 cm³/mol. The Bertz CT molecular complexity index is 590. The number of pyridine rings is 1. The molecule has 0 saturated heterocycles. The Morgan fingerprint density at radius 2 is 2.05 bits per heavy atom. The van der Waals surface area contributed by atoms with Crippen LogP contribution in [-0.4, -0.2) is 17.6 Å². The first kappa shape index (κ1) is 13.8. The third-order valence-corrected chi connectivity index (χ3v) is 2.60. The summed E-state index contributed by atoms with van der Waals surface area (Å²) in [4.78, 5) is 4.12. The monoisotopic (exact) mass is 271 g/mol. The van der Waals surface area contributed by atoms with Crippen molar-refractivity contribution in [3.8, 4) is 11.8 Å². The number of hydrogen-bond acceptors (Lipinski definition) is 4. The number of aromatic nitrogens is 1. The highest BCUT2D eigenvalue weighted by Crippen LogP contribution is 2.12. The van der Waals surface area contributed by atoms with Crippen LogP contribution in [0.15, 0.2) is 42.6 Å². The van der Waals surface area contributed by atoms with E-state index in [2.05, 4.69) is 10.3 Å². The van der Waals surface area contributed by atoms with Crippen LogP contribution in [0, 0.1) is 17.1 Å². The summed E-state index contributed by atoms with van der Waals surface area (Å²) >= 11 is 0. The number of rotatable bonds is 5. The van der Waals surface area contributed by atoms with Gasteiger partial charge in [0.25, 0.3) is 0 Å². The van der Waals surface area contributed by atoms with Gasteiger partial charge in [-0.1, -0.05) is 0 Å². The van der Waals surface area contributed by atoms with Gasteiger partial charge in [0, 0.05) is 6.20 Å². The molecule has 102 valence electrons. The number of benzene rings is 1. The fraction of sp³-hybridized carbons (Fsp3) is 0.200. The van der Waals surface area contributed by atoms with Gasteiger partial charge in [-0.25, -0.2) is 9.37 Å². The molecule has 1 atom stereocenters. The molecular weight excluding hydrogens is 257 g/mol. The summed E-state index contributed by atoms with van der Waals surface area (Å²) in [6.07, 6.45) is 1.51. The maximum absolute atomic E-state index is 12.7. The van der Waals surface area contributed by atoms with Gasteiger partial charge in [0.2, 0.25) is 0 Å². The Labute approximate surface area is 116 Å². The molecule has 0 saturated carbocycles. The van der Waals surface area contributed by atoms with Crippen molar-refractivity contribution < 1.29 is 9.13 Å². The summed E-state index contributed by atoms with van der Waals surface area (Å²) in [5.74, 6) is 1.01. The minimum absolute atomic E-state index is 0.0282. The molecule has 1 heterocycles. The van der Waals surface area contributed by atoms with Gasteiger partial charge < -0.3 is 10.1 Å². The van der Waals surface area contributed by atoms with E-state index >= 15 is 0 Å². The molecule has 0 radical (unpaired) electrons. The smallest absolute Gasteiger partial charge is 0.126 e. The van der Waals surface area contributed by atoms with Gasteiger partial charge >= 0.3 is 0 Å². The minimum atomic E-state index is -0.287. The highest BCUT2D eigenvalue weighted by atomic mass is 19.1. The van der Waals surface area contributed by atoms with Crippen molar-refractivity contribution in [1.82, 2.24) is 4.98 Å². The molecule has 5 heteroatoms. The van der Waals surface area contributed by atoms with Crippen molar-refractivity contribution in [1.29, 1.82) is 5.26 Å². The van der Waals surface area contributed by atoms with Crippen molar-refractivity contribution in [2.45, 2.75) is 13.0 Å². The van der Waals surface area contributed by atoms with E-state index in [9.17, 15) is 4.39 Å². The predicted octanol–water partition coefficient (Wildman–Crippen LogP) is 2.97. The Morgan fingerprint density at radius 1 is 1.30 bits per heavy atom. The first-order chi connectivity index (χ1) is 9.67. The summed E-state index contributed by atoms with van der Waals surface area (Å²) in [6.45, 7) is 2.37. The molecule has 2 aromatic rings. The first-order valence-corrected chi connectivity index (χ1v) is 6.18. The van der Waals surface area contributed by atoms with E-state index in [1.54, 1.807) is 24.3 Å². The van der Waals surface area contributed by atoms with Crippen molar-refractivity contribution in [3.63, 3.8) is 0 Å². The van der Waals surface area contributed by atoms with Gasteiger partial charge in [-0.05, 0) is 43.3 Å². The highest BCUT2D eigenvalue weighted by Gasteiger charge is 2.04. The van der Waals surface area contributed by atoms with Crippen LogP contribution in [0.2, 0.25) is 0 Å². The maximum Gasteiger partial charge on any atom is 0.126 e. The zero-order valence-corrected chi connectivity index (χ0v) is 11.0. The Kier molecular flexibility index (Phi) is 4.51. The normalized spacial score (nSPS) is 11.4. The molecule has 2 rings (SSSR count). The van der Waals surface area contributed by atoms with Crippen LogP contribution in [0.25, 0.3) is 0 Å². The lowest BCUT2D eigenvalue weighted by Crippen LogP contribution is -2.24. The molecule has 20 heavy (non-hydrogen) atoms. The molecule has 0 aliphatic rings. The fourth-order valence-corrected chi connectivity index (χ4v) is 1.59. The fourth-order valence-electron chi connectivity index (χ4n) is 1.59. The lowest BCUT2D eigenvalue weighted by molar-refractivity contribution is 0.303. The van der Waals surface area contributed by atoms with Crippen molar-refractivity contribution in [3.05, 3.63) is 54.0 Å². The van der Waals surface area contributed by atoms with E-state index in [1.807, 2.05) is 13.0 Å². The van der Waals surface area contributed by atoms with Gasteiger partial charge in [-0.2, -0.15) is 5.26 Å². The Balaban J connectivity index is 1.84. The molecule has 1 unspecified atom stereocenters. The van der Waals surface area contributed by atoms with Crippen LogP contribution in [-0.2, 0) is 0 Å². The SMILES string of the molecule is CC(COc1ccc(F)cc1)Nc1ccc(C#N)cn1. The van der Waals surface area contributed by atoms with Crippen LogP contribution in [0.3, 0.4) is 0 Å². The molecule has 1 aromatic carbocycles. The first-order valence-electron chi connectivity index (χ1n) is 6.18. The molecule has 0 amide bonds. The summed E-state index contributed by atoms with van der Waals surface area (Å²) in [5.41, 5.74) is 0.519. The largest absolute Gasteiger partial charge is 0.491 e. The number of anilines is 1. The summed E-state index contributed by atoms with van der Waals surface area (Å²) in [7, 11) is 0. The average Bonchev–Trinajstić information content (AvgIpc) is 2.47. The quantitative estimate of drug-likeness (QED) is 0.908. The van der Waals surface area contributed by atoms with Crippen LogP contribution in [0.1, 0.15) is 12.5 Å². The standard InChI is InChI=1S/C15H14FN3O/c1-11(10-20-14-5-3-13(16)4-6-14)19-15-7-2-12(8-17)9-18-15/h2-7,9,11H,10H2,1H3,(H,18,19). The molecule has 0 spiro atoms. The lowest BCUT2D eigenvalue weighted by atomic mass is 10.3. The molecule has 1 aromatic heterocycles. The number of nitriles is 1. The van der Waals surface area contributed by atoms with Crippen molar-refractivity contribution in [2.24, 2.45) is 0 Å². The number of halogens is 1. The third-order valence-electron chi connectivity index (χ3n) is 2.60. The van der Waals surface area contributed by atoms with Gasteiger partial charge in [0.05, 0.1) is 11.6 Å². The van der Waals surface area contributed by atoms with E-state index in [4.69, 9.17) is 10.00 Å². The van der Waals surface area contributed by atoms with Crippen molar-refractivity contribution in [2.75, 3.05) is 11.9 Å². The maximum atomic E-state index is 12.7. The van der Waals surface area contributed by atoms with Crippen LogP contribution < -0.4 is 10.1 Å². The van der Waals surface area contributed by atoms with Crippen LogP contribution in [0.4, 0.5) is 10.2 Å². The van der Waals surface area contributed by atoms with E-state index in [0.717, 1.165) is 0 Å². The number of nitrogens with zero attached hydrogens (tertiary/aromatic N) is 2. The third kappa shape index (κ3) is 3.95. The minimum Gasteiger partial charge on any atom is -0.491 e. The van der Waals surface area contributed by atoms with E-state index in [0.29, 0.717) is 23.7 Å². The molecule has 0 aliphatic heterocycles. The Hall–Kier alpha value is -2.61. The van der Waals surface area contributed by atoms with Gasteiger partial charge in [0.1, 0.15) is 30.1 Å². The van der Waals surface area contributed by atoms with E-state index in [-0.39, 0.29) is 11.9 Å². The summed E-state index contributed by atoms with van der Waals surface area (Å²) in [5, 5.41) is 11.8. The van der Waals surface area contributed by atoms with Gasteiger partial charge in [0.15, 0.2) is 0 Å². The molecule has 0 bridgehead atoms. The zero-order chi connectivity index (χ0) is 14.4. The summed E-state index contributed by atoms with van der Waals surface area (Å²) < 4.78 is 18.3. The Morgan fingerprint density at radius 3 is 2.65 bits per heavy atom. The lowest BCUT2D eigenvalue weighted by Gasteiger charge is -2.15. The van der Waals surface area contributed by atoms with E-state index in [1.165, 1.54) is 18.3 Å². The average molecular weight is 271 g/mol. The van der Waals surface area contributed by atoms with Gasteiger partial charge in [-0.15, -0.1) is 0 Å².